The first-order valence-corrected chi connectivity index (χ1v) is 6.70. The summed E-state index contributed by atoms with van der Waals surface area (Å²) in [6.07, 6.45) is 0.380. The summed E-state index contributed by atoms with van der Waals surface area (Å²) >= 11 is 0. The second-order valence-electron chi connectivity index (χ2n) is 5.46. The maximum Gasteiger partial charge on any atom is 0.412 e. The van der Waals surface area contributed by atoms with Crippen molar-refractivity contribution in [2.75, 3.05) is 11.9 Å². The molecule has 0 atom stereocenters. The van der Waals surface area contributed by atoms with Gasteiger partial charge >= 0.3 is 6.09 Å². The molecule has 0 aliphatic heterocycles. The Morgan fingerprint density at radius 1 is 1.15 bits per heavy atom. The van der Waals surface area contributed by atoms with Crippen molar-refractivity contribution in [3.8, 4) is 0 Å². The monoisotopic (exact) mass is 278 g/mol. The van der Waals surface area contributed by atoms with Crippen molar-refractivity contribution in [3.63, 3.8) is 0 Å². The second kappa shape index (κ2) is 6.93. The SMILES string of the molecule is CCCNC(=O)c1ccc(NC(=O)OC(C)(C)C)cc1. The molecular weight excluding hydrogens is 256 g/mol. The van der Waals surface area contributed by atoms with Crippen LogP contribution in [0.3, 0.4) is 0 Å². The van der Waals surface area contributed by atoms with Gasteiger partial charge in [-0.25, -0.2) is 4.79 Å². The van der Waals surface area contributed by atoms with Crippen molar-refractivity contribution in [3.05, 3.63) is 29.8 Å². The fourth-order valence-corrected chi connectivity index (χ4v) is 1.47. The van der Waals surface area contributed by atoms with Crippen molar-refractivity contribution in [2.45, 2.75) is 39.7 Å². The first-order valence-electron chi connectivity index (χ1n) is 6.70. The summed E-state index contributed by atoms with van der Waals surface area (Å²) in [4.78, 5) is 23.3. The van der Waals surface area contributed by atoms with Gasteiger partial charge in [0.2, 0.25) is 0 Å². The van der Waals surface area contributed by atoms with Gasteiger partial charge in [0.1, 0.15) is 5.60 Å². The molecule has 1 aromatic carbocycles. The smallest absolute Gasteiger partial charge is 0.412 e. The van der Waals surface area contributed by atoms with Crippen LogP contribution < -0.4 is 10.6 Å². The molecule has 0 spiro atoms. The van der Waals surface area contributed by atoms with Crippen molar-refractivity contribution in [1.29, 1.82) is 0 Å². The largest absolute Gasteiger partial charge is 0.444 e. The summed E-state index contributed by atoms with van der Waals surface area (Å²) in [5.74, 6) is -0.115. The zero-order chi connectivity index (χ0) is 15.2. The Labute approximate surface area is 119 Å². The molecule has 5 nitrogen and oxygen atoms in total. The molecule has 1 rings (SSSR count). The molecule has 0 saturated heterocycles. The number of anilines is 1. The normalized spacial score (nSPS) is 10.8. The van der Waals surface area contributed by atoms with Crippen LogP contribution in [0, 0.1) is 0 Å². The van der Waals surface area contributed by atoms with E-state index in [-0.39, 0.29) is 5.91 Å². The Balaban J connectivity index is 2.58. The Morgan fingerprint density at radius 3 is 2.25 bits per heavy atom. The van der Waals surface area contributed by atoms with Gasteiger partial charge in [0.25, 0.3) is 5.91 Å². The highest BCUT2D eigenvalue weighted by Gasteiger charge is 2.16. The number of rotatable bonds is 4. The van der Waals surface area contributed by atoms with E-state index in [2.05, 4.69) is 10.6 Å². The molecule has 2 amide bonds. The first kappa shape index (κ1) is 16.0. The molecule has 0 heterocycles. The number of amides is 2. The quantitative estimate of drug-likeness (QED) is 0.889. The first-order chi connectivity index (χ1) is 9.31. The molecule has 20 heavy (non-hydrogen) atoms. The maximum atomic E-state index is 11.7. The highest BCUT2D eigenvalue weighted by atomic mass is 16.6. The summed E-state index contributed by atoms with van der Waals surface area (Å²) in [7, 11) is 0. The van der Waals surface area contributed by atoms with Crippen molar-refractivity contribution >= 4 is 17.7 Å². The molecule has 0 saturated carbocycles. The molecule has 0 unspecified atom stereocenters. The predicted octanol–water partition coefficient (Wildman–Crippen LogP) is 3.17. The minimum absolute atomic E-state index is 0.115. The number of benzene rings is 1. The van der Waals surface area contributed by atoms with Gasteiger partial charge < -0.3 is 10.1 Å². The van der Waals surface area contributed by atoms with Crippen molar-refractivity contribution in [1.82, 2.24) is 5.32 Å². The number of hydrogen-bond donors (Lipinski definition) is 2. The van der Waals surface area contributed by atoms with Gasteiger partial charge in [0.05, 0.1) is 0 Å². The summed E-state index contributed by atoms with van der Waals surface area (Å²) < 4.78 is 5.14. The van der Waals surface area contributed by atoms with Crippen LogP contribution in [0.25, 0.3) is 0 Å². The Morgan fingerprint density at radius 2 is 1.75 bits per heavy atom. The highest BCUT2D eigenvalue weighted by Crippen LogP contribution is 2.13. The van der Waals surface area contributed by atoms with E-state index < -0.39 is 11.7 Å². The van der Waals surface area contributed by atoms with Crippen LogP contribution in [-0.4, -0.2) is 24.1 Å². The summed E-state index contributed by atoms with van der Waals surface area (Å²) in [6.45, 7) is 8.04. The van der Waals surface area contributed by atoms with E-state index >= 15 is 0 Å². The molecule has 0 aromatic heterocycles. The van der Waals surface area contributed by atoms with E-state index in [1.165, 1.54) is 0 Å². The average Bonchev–Trinajstić information content (AvgIpc) is 2.34. The molecule has 2 N–H and O–H groups in total. The highest BCUT2D eigenvalue weighted by molar-refractivity contribution is 5.95. The van der Waals surface area contributed by atoms with Gasteiger partial charge in [-0.1, -0.05) is 6.92 Å². The molecule has 0 aliphatic rings. The van der Waals surface area contributed by atoms with Crippen molar-refractivity contribution in [2.24, 2.45) is 0 Å². The molecule has 0 bridgehead atoms. The lowest BCUT2D eigenvalue weighted by molar-refractivity contribution is 0.0636. The topological polar surface area (TPSA) is 67.4 Å². The maximum absolute atomic E-state index is 11.7. The molecule has 0 aliphatic carbocycles. The van der Waals surface area contributed by atoms with Crippen LogP contribution in [0.15, 0.2) is 24.3 Å². The Kier molecular flexibility index (Phi) is 5.55. The third-order valence-electron chi connectivity index (χ3n) is 2.33. The molecule has 1 aromatic rings. The number of carbonyl (C=O) groups is 2. The molecule has 5 heteroatoms. The minimum Gasteiger partial charge on any atom is -0.444 e. The number of nitrogens with one attached hydrogen (secondary N) is 2. The lowest BCUT2D eigenvalue weighted by Gasteiger charge is -2.19. The predicted molar refractivity (Wildman–Crippen MR) is 78.9 cm³/mol. The molecule has 110 valence electrons. The number of ether oxygens (including phenoxy) is 1. The van der Waals surface area contributed by atoms with E-state index in [1.54, 1.807) is 45.0 Å². The van der Waals surface area contributed by atoms with E-state index in [0.717, 1.165) is 6.42 Å². The fraction of sp³-hybridized carbons (Fsp3) is 0.467. The lowest BCUT2D eigenvalue weighted by Crippen LogP contribution is -2.27. The van der Waals surface area contributed by atoms with Gasteiger partial charge in [-0.2, -0.15) is 0 Å². The van der Waals surface area contributed by atoms with Crippen LogP contribution in [0.4, 0.5) is 10.5 Å². The van der Waals surface area contributed by atoms with Gasteiger partial charge in [-0.15, -0.1) is 0 Å². The van der Waals surface area contributed by atoms with Crippen LogP contribution in [0.2, 0.25) is 0 Å². The standard InChI is InChI=1S/C15H22N2O3/c1-5-10-16-13(18)11-6-8-12(9-7-11)17-14(19)20-15(2,3)4/h6-9H,5,10H2,1-4H3,(H,16,18)(H,17,19). The van der Waals surface area contributed by atoms with Crippen LogP contribution in [0.1, 0.15) is 44.5 Å². The lowest BCUT2D eigenvalue weighted by atomic mass is 10.2. The van der Waals surface area contributed by atoms with Crippen molar-refractivity contribution < 1.29 is 14.3 Å². The zero-order valence-electron chi connectivity index (χ0n) is 12.4. The fourth-order valence-electron chi connectivity index (χ4n) is 1.47. The Hall–Kier alpha value is -2.04. The third-order valence-corrected chi connectivity index (χ3v) is 2.33. The Bertz CT molecular complexity index is 461. The van der Waals surface area contributed by atoms with E-state index in [1.807, 2.05) is 6.92 Å². The van der Waals surface area contributed by atoms with Crippen LogP contribution >= 0.6 is 0 Å². The van der Waals surface area contributed by atoms with E-state index in [9.17, 15) is 9.59 Å². The number of hydrogen-bond acceptors (Lipinski definition) is 3. The third kappa shape index (κ3) is 5.73. The van der Waals surface area contributed by atoms with E-state index in [4.69, 9.17) is 4.74 Å². The van der Waals surface area contributed by atoms with Crippen LogP contribution in [-0.2, 0) is 4.74 Å². The number of carbonyl (C=O) groups excluding carboxylic acids is 2. The second-order valence-corrected chi connectivity index (χ2v) is 5.46. The summed E-state index contributed by atoms with van der Waals surface area (Å²) in [6, 6.07) is 6.67. The van der Waals surface area contributed by atoms with Gasteiger partial charge in [0.15, 0.2) is 0 Å². The zero-order valence-corrected chi connectivity index (χ0v) is 12.4. The van der Waals surface area contributed by atoms with E-state index in [0.29, 0.717) is 17.8 Å². The minimum atomic E-state index is -0.538. The molecule has 0 fully saturated rings. The average molecular weight is 278 g/mol. The summed E-state index contributed by atoms with van der Waals surface area (Å²) in [5.41, 5.74) is 0.615. The van der Waals surface area contributed by atoms with Gasteiger partial charge in [-0.3, -0.25) is 10.1 Å². The van der Waals surface area contributed by atoms with Gasteiger partial charge in [0, 0.05) is 17.8 Å². The molecule has 0 radical (unpaired) electrons. The van der Waals surface area contributed by atoms with Gasteiger partial charge in [-0.05, 0) is 51.5 Å². The van der Waals surface area contributed by atoms with Crippen LogP contribution in [0.5, 0.6) is 0 Å². The summed E-state index contributed by atoms with van der Waals surface area (Å²) in [5, 5.41) is 5.40. The molecular formula is C15H22N2O3.